The Morgan fingerprint density at radius 1 is 1.11 bits per heavy atom. The number of carboxylic acids is 1. The molecule has 2 aromatic carbocycles. The van der Waals surface area contributed by atoms with Crippen molar-refractivity contribution in [3.8, 4) is 29.0 Å². The fraction of sp³-hybridized carbons (Fsp3) is 0.333. The summed E-state index contributed by atoms with van der Waals surface area (Å²) in [5, 5.41) is 29.9. The molecule has 0 radical (unpaired) electrons. The minimum Gasteiger partial charge on any atom is -0.504 e. The number of amidine groups is 2. The first kappa shape index (κ1) is 30.5. The predicted octanol–water partition coefficient (Wildman–Crippen LogP) is 3.83. The Labute approximate surface area is 252 Å². The molecule has 0 unspecified atom stereocenters. The summed E-state index contributed by atoms with van der Waals surface area (Å²) in [5.74, 6) is -4.30. The topological polar surface area (TPSA) is 170 Å². The number of rotatable bonds is 11. The molecule has 1 fully saturated rings. The van der Waals surface area contributed by atoms with Gasteiger partial charge in [-0.15, -0.1) is 0 Å². The molecular formula is C30H33F2N7O5. The van der Waals surface area contributed by atoms with Crippen LogP contribution in [0.1, 0.15) is 24.0 Å². The Hall–Kier alpha value is -4.98. The number of aromatic nitrogens is 1. The van der Waals surface area contributed by atoms with Gasteiger partial charge in [-0.25, -0.2) is 0 Å². The zero-order valence-corrected chi connectivity index (χ0v) is 24.0. The molecular weight excluding hydrogens is 576 g/mol. The molecule has 2 aliphatic rings. The average Bonchev–Trinajstić information content (AvgIpc) is 3.43. The largest absolute Gasteiger partial charge is 0.504 e. The van der Waals surface area contributed by atoms with Crippen LogP contribution in [0.2, 0.25) is 0 Å². The van der Waals surface area contributed by atoms with Gasteiger partial charge in [0.2, 0.25) is 11.6 Å². The van der Waals surface area contributed by atoms with E-state index in [9.17, 15) is 9.90 Å². The highest BCUT2D eigenvalue weighted by atomic mass is 19.1. The van der Waals surface area contributed by atoms with Crippen molar-refractivity contribution in [2.45, 2.75) is 12.8 Å². The third-order valence-corrected chi connectivity index (χ3v) is 7.49. The molecule has 2 aliphatic heterocycles. The lowest BCUT2D eigenvalue weighted by atomic mass is 9.96. The normalized spacial score (nSPS) is 15.6. The summed E-state index contributed by atoms with van der Waals surface area (Å²) < 4.78 is 43.1. The van der Waals surface area contributed by atoms with E-state index in [0.717, 1.165) is 17.9 Å². The van der Waals surface area contributed by atoms with Crippen LogP contribution < -0.4 is 20.5 Å². The Morgan fingerprint density at radius 2 is 1.84 bits per heavy atom. The predicted molar refractivity (Wildman–Crippen MR) is 159 cm³/mol. The van der Waals surface area contributed by atoms with E-state index in [1.807, 2.05) is 22.9 Å². The summed E-state index contributed by atoms with van der Waals surface area (Å²) in [5.41, 5.74) is 5.98. The first-order chi connectivity index (χ1) is 21.1. The summed E-state index contributed by atoms with van der Waals surface area (Å²) in [6, 6.07) is 10.7. The number of ether oxygens (including phenoxy) is 2. The number of aliphatic imine (C=N–C) groups is 1. The molecule has 0 saturated carbocycles. The number of benzene rings is 2. The monoisotopic (exact) mass is 609 g/mol. The van der Waals surface area contributed by atoms with Gasteiger partial charge >= 0.3 is 5.97 Å². The van der Waals surface area contributed by atoms with Crippen molar-refractivity contribution in [3.05, 3.63) is 65.2 Å². The quantitative estimate of drug-likeness (QED) is 0.159. The van der Waals surface area contributed by atoms with Crippen LogP contribution in [0.15, 0.2) is 47.5 Å². The summed E-state index contributed by atoms with van der Waals surface area (Å²) >= 11 is 0. The number of phenols is 1. The van der Waals surface area contributed by atoms with Crippen molar-refractivity contribution in [3.63, 3.8) is 0 Å². The summed E-state index contributed by atoms with van der Waals surface area (Å²) in [4.78, 5) is 23.3. The second-order valence-corrected chi connectivity index (χ2v) is 10.7. The van der Waals surface area contributed by atoms with Crippen LogP contribution in [-0.4, -0.2) is 89.0 Å². The zero-order valence-electron chi connectivity index (χ0n) is 24.0. The lowest BCUT2D eigenvalue weighted by molar-refractivity contribution is -0.138. The van der Waals surface area contributed by atoms with Crippen molar-refractivity contribution < 1.29 is 33.3 Å². The summed E-state index contributed by atoms with van der Waals surface area (Å²) in [7, 11) is 1.91. The second kappa shape index (κ2) is 13.1. The fourth-order valence-electron chi connectivity index (χ4n) is 5.10. The van der Waals surface area contributed by atoms with E-state index in [0.29, 0.717) is 32.5 Å². The summed E-state index contributed by atoms with van der Waals surface area (Å²) in [6.07, 6.45) is 1.27. The Bertz CT molecular complexity index is 1590. The number of carboxylic acid groups (broad SMARTS) is 1. The average molecular weight is 610 g/mol. The molecule has 0 bridgehead atoms. The van der Waals surface area contributed by atoms with Crippen molar-refractivity contribution in [1.82, 2.24) is 14.8 Å². The van der Waals surface area contributed by atoms with E-state index >= 15 is 8.78 Å². The maximum Gasteiger partial charge on any atom is 0.317 e. The number of carbonyl (C=O) groups is 1. The molecule has 3 aromatic rings. The maximum absolute atomic E-state index is 15.9. The number of nitrogen functional groups attached to an aromatic ring is 1. The van der Waals surface area contributed by atoms with Gasteiger partial charge < -0.3 is 35.6 Å². The van der Waals surface area contributed by atoms with Gasteiger partial charge in [0.1, 0.15) is 23.1 Å². The first-order valence-electron chi connectivity index (χ1n) is 14.0. The fourth-order valence-corrected chi connectivity index (χ4v) is 5.10. The number of likely N-dealkylation sites (tertiary alicyclic amines) is 1. The minimum atomic E-state index is -1.15. The van der Waals surface area contributed by atoms with E-state index in [1.165, 1.54) is 18.2 Å². The standard InChI is InChI=1S/C30H33F2N7O5/c1-38-12-9-35-28(38)19-3-2-4-20(13-19)43-29-24(31)26(36-15-17-7-10-39(11-8-17)16-23(41)42)25(32)30(37-29)44-22-14-18(27(33)34)5-6-21(22)40/h2-6,13-14,17,40H,7-12,15-16H2,1H3,(H3,33,34)(H,36,37)(H,41,42). The molecule has 6 N–H and O–H groups in total. The number of nitrogens with zero attached hydrogens (tertiary/aromatic N) is 4. The van der Waals surface area contributed by atoms with Crippen LogP contribution in [0.25, 0.3) is 0 Å². The Balaban J connectivity index is 1.44. The van der Waals surface area contributed by atoms with Crippen LogP contribution in [-0.2, 0) is 4.79 Å². The number of aromatic hydroxyl groups is 1. The highest BCUT2D eigenvalue weighted by molar-refractivity contribution is 6.00. The molecule has 0 aliphatic carbocycles. The number of hydrogen-bond donors (Lipinski definition) is 5. The van der Waals surface area contributed by atoms with Gasteiger partial charge in [0.25, 0.3) is 11.8 Å². The number of nitrogens with one attached hydrogen (secondary N) is 2. The number of aliphatic carboxylic acids is 1. The molecule has 0 atom stereocenters. The molecule has 1 saturated heterocycles. The number of likely N-dealkylation sites (N-methyl/N-ethyl adjacent to an activating group) is 1. The molecule has 1 aromatic heterocycles. The van der Waals surface area contributed by atoms with Gasteiger partial charge in [-0.2, -0.15) is 13.8 Å². The van der Waals surface area contributed by atoms with Gasteiger partial charge in [0.05, 0.1) is 13.1 Å². The van der Waals surface area contributed by atoms with E-state index in [-0.39, 0.29) is 47.7 Å². The lowest BCUT2D eigenvalue weighted by Gasteiger charge is -2.31. The van der Waals surface area contributed by atoms with E-state index in [2.05, 4.69) is 15.3 Å². The zero-order chi connectivity index (χ0) is 31.4. The molecule has 14 heteroatoms. The molecule has 44 heavy (non-hydrogen) atoms. The Kier molecular flexibility index (Phi) is 9.09. The van der Waals surface area contributed by atoms with Gasteiger partial charge in [-0.3, -0.25) is 20.1 Å². The van der Waals surface area contributed by atoms with Gasteiger partial charge in [-0.1, -0.05) is 12.1 Å². The van der Waals surface area contributed by atoms with Crippen molar-refractivity contribution in [2.75, 3.05) is 51.6 Å². The van der Waals surface area contributed by atoms with Gasteiger partial charge in [-0.05, 0) is 62.2 Å². The molecule has 0 spiro atoms. The SMILES string of the molecule is CN1CCN=C1c1cccc(Oc2nc(Oc3cc(C(=N)N)ccc3O)c(F)c(NCC3CCN(CC(=O)O)CC3)c2F)c1. The van der Waals surface area contributed by atoms with Crippen LogP contribution in [0.3, 0.4) is 0 Å². The molecule has 12 nitrogen and oxygen atoms in total. The van der Waals surface area contributed by atoms with Crippen LogP contribution >= 0.6 is 0 Å². The number of hydrogen-bond acceptors (Lipinski definition) is 10. The van der Waals surface area contributed by atoms with Crippen LogP contribution in [0.5, 0.6) is 29.0 Å². The molecule has 3 heterocycles. The van der Waals surface area contributed by atoms with Crippen molar-refractivity contribution >= 4 is 23.3 Å². The maximum atomic E-state index is 15.9. The number of anilines is 1. The summed E-state index contributed by atoms with van der Waals surface area (Å²) in [6.45, 7) is 2.65. The number of halogens is 2. The highest BCUT2D eigenvalue weighted by Gasteiger charge is 2.27. The second-order valence-electron chi connectivity index (χ2n) is 10.7. The Morgan fingerprint density at radius 3 is 2.50 bits per heavy atom. The number of nitrogens with two attached hydrogens (primary N) is 1. The third-order valence-electron chi connectivity index (χ3n) is 7.49. The smallest absolute Gasteiger partial charge is 0.317 e. The number of piperidine rings is 1. The van der Waals surface area contributed by atoms with Crippen LogP contribution in [0, 0.1) is 23.0 Å². The van der Waals surface area contributed by atoms with Gasteiger partial charge in [0.15, 0.2) is 11.5 Å². The minimum absolute atomic E-state index is 0.0258. The first-order valence-corrected chi connectivity index (χ1v) is 14.0. The van der Waals surface area contributed by atoms with Crippen molar-refractivity contribution in [1.29, 1.82) is 5.41 Å². The van der Waals surface area contributed by atoms with Crippen LogP contribution in [0.4, 0.5) is 14.5 Å². The van der Waals surface area contributed by atoms with E-state index in [4.69, 9.17) is 25.7 Å². The highest BCUT2D eigenvalue weighted by Crippen LogP contribution is 2.39. The molecule has 232 valence electrons. The van der Waals surface area contributed by atoms with E-state index in [1.54, 1.807) is 18.2 Å². The number of phenolic OH excluding ortho intramolecular Hbond substituents is 1. The van der Waals surface area contributed by atoms with Gasteiger partial charge in [0, 0.05) is 31.3 Å². The van der Waals surface area contributed by atoms with Crippen molar-refractivity contribution in [2.24, 2.45) is 16.6 Å². The third kappa shape index (κ3) is 6.97. The molecule has 5 rings (SSSR count). The lowest BCUT2D eigenvalue weighted by Crippen LogP contribution is -2.38. The number of pyridine rings is 1. The van der Waals surface area contributed by atoms with E-state index < -0.39 is 35.1 Å². The molecule has 0 amide bonds.